The molecule has 0 atom stereocenters. The third-order valence-corrected chi connectivity index (χ3v) is 3.67. The summed E-state index contributed by atoms with van der Waals surface area (Å²) >= 11 is 0. The van der Waals surface area contributed by atoms with E-state index in [9.17, 15) is 13.9 Å². The van der Waals surface area contributed by atoms with Gasteiger partial charge < -0.3 is 31.4 Å². The number of nitrogen functional groups attached to an aromatic ring is 1. The van der Waals surface area contributed by atoms with Crippen LogP contribution in [-0.2, 0) is 0 Å². The molecule has 11 heteroatoms. The van der Waals surface area contributed by atoms with Crippen LogP contribution in [0.2, 0.25) is 0 Å². The Hall–Kier alpha value is -4.41. The van der Waals surface area contributed by atoms with Gasteiger partial charge in [-0.1, -0.05) is 6.07 Å². The number of ether oxygens (including phenoxy) is 2. The molecule has 0 aliphatic carbocycles. The Balaban J connectivity index is 1.91. The van der Waals surface area contributed by atoms with Gasteiger partial charge in [0, 0.05) is 23.4 Å². The number of nitrogens with zero attached hydrogens (tertiary/aromatic N) is 1. The monoisotopic (exact) mass is 414 g/mol. The Kier molecular flexibility index (Phi) is 5.63. The van der Waals surface area contributed by atoms with Crippen LogP contribution in [0.4, 0.5) is 14.5 Å². The van der Waals surface area contributed by atoms with Crippen LogP contribution >= 0.6 is 0 Å². The number of guanidine groups is 1. The van der Waals surface area contributed by atoms with E-state index < -0.39 is 23.4 Å². The van der Waals surface area contributed by atoms with Gasteiger partial charge in [0.05, 0.1) is 0 Å². The van der Waals surface area contributed by atoms with Crippen LogP contribution in [0.25, 0.3) is 0 Å². The molecule has 1 heterocycles. The third kappa shape index (κ3) is 4.70. The number of phenols is 1. The number of aromatic nitrogens is 1. The van der Waals surface area contributed by atoms with Gasteiger partial charge in [-0.05, 0) is 30.3 Å². The Labute approximate surface area is 168 Å². The largest absolute Gasteiger partial charge is 0.504 e. The lowest BCUT2D eigenvalue weighted by molar-refractivity contribution is 0.361. The van der Waals surface area contributed by atoms with Gasteiger partial charge in [-0.25, -0.2) is 8.78 Å². The number of benzene rings is 2. The average Bonchev–Trinajstić information content (AvgIpc) is 2.66. The first-order valence-corrected chi connectivity index (χ1v) is 8.33. The average molecular weight is 414 g/mol. The lowest BCUT2D eigenvalue weighted by Gasteiger charge is -2.12. The molecule has 0 amide bonds. The molecule has 0 radical (unpaired) electrons. The van der Waals surface area contributed by atoms with Gasteiger partial charge in [0.1, 0.15) is 11.6 Å². The van der Waals surface area contributed by atoms with E-state index in [1.165, 1.54) is 30.3 Å². The van der Waals surface area contributed by atoms with E-state index in [1.807, 2.05) is 0 Å². The number of hydrogen-bond acceptors (Lipinski definition) is 6. The van der Waals surface area contributed by atoms with Gasteiger partial charge >= 0.3 is 0 Å². The van der Waals surface area contributed by atoms with Gasteiger partial charge in [-0.15, -0.1) is 0 Å². The number of halogens is 2. The molecule has 30 heavy (non-hydrogen) atoms. The Morgan fingerprint density at radius 1 is 0.967 bits per heavy atom. The van der Waals surface area contributed by atoms with Crippen LogP contribution in [0.3, 0.4) is 0 Å². The highest BCUT2D eigenvalue weighted by Gasteiger charge is 2.18. The number of aromatic hydroxyl groups is 1. The summed E-state index contributed by atoms with van der Waals surface area (Å²) in [5, 5.41) is 27.1. The first-order valence-electron chi connectivity index (χ1n) is 8.33. The molecule has 0 fully saturated rings. The quantitative estimate of drug-likeness (QED) is 0.266. The van der Waals surface area contributed by atoms with Crippen LogP contribution in [0, 0.1) is 22.5 Å². The van der Waals surface area contributed by atoms with E-state index in [-0.39, 0.29) is 34.6 Å². The van der Waals surface area contributed by atoms with Gasteiger partial charge in [-0.3, -0.25) is 10.8 Å². The van der Waals surface area contributed by atoms with E-state index in [1.54, 1.807) is 12.1 Å². The molecule has 3 aromatic rings. The molecule has 0 aliphatic rings. The number of nitrogens with two attached hydrogens (primary N) is 2. The summed E-state index contributed by atoms with van der Waals surface area (Å²) in [6, 6.07) is 10.4. The van der Waals surface area contributed by atoms with Crippen molar-refractivity contribution in [3.63, 3.8) is 0 Å². The zero-order valence-electron chi connectivity index (χ0n) is 15.2. The molecule has 1 aromatic heterocycles. The van der Waals surface area contributed by atoms with Crippen molar-refractivity contribution in [2.45, 2.75) is 0 Å². The van der Waals surface area contributed by atoms with Crippen molar-refractivity contribution in [2.24, 2.45) is 11.5 Å². The highest BCUT2D eigenvalue weighted by molar-refractivity contribution is 5.95. The zero-order chi connectivity index (χ0) is 21.8. The molecular weight excluding hydrogens is 398 g/mol. The lowest BCUT2D eigenvalue weighted by Crippen LogP contribution is -2.20. The maximum Gasteiger partial charge on any atom is 0.259 e. The molecule has 2 aromatic carbocycles. The first kappa shape index (κ1) is 20.3. The number of pyridine rings is 1. The summed E-state index contributed by atoms with van der Waals surface area (Å²) in [6.07, 6.45) is 0. The van der Waals surface area contributed by atoms with Crippen molar-refractivity contribution in [1.82, 2.24) is 4.98 Å². The zero-order valence-corrected chi connectivity index (χ0v) is 15.2. The molecule has 0 saturated heterocycles. The molecule has 0 saturated carbocycles. The minimum Gasteiger partial charge on any atom is -0.504 e. The molecular formula is C19H16F2N6O3. The normalized spacial score (nSPS) is 10.3. The smallest absolute Gasteiger partial charge is 0.259 e. The third-order valence-electron chi connectivity index (χ3n) is 3.67. The van der Waals surface area contributed by atoms with Gasteiger partial charge in [0.25, 0.3) is 11.8 Å². The Morgan fingerprint density at radius 3 is 2.33 bits per heavy atom. The van der Waals surface area contributed by atoms with Crippen LogP contribution in [0.5, 0.6) is 29.0 Å². The first-order chi connectivity index (χ1) is 14.2. The summed E-state index contributed by atoms with van der Waals surface area (Å²) in [7, 11) is 0. The molecule has 3 rings (SSSR count). The predicted molar refractivity (Wildman–Crippen MR) is 105 cm³/mol. The van der Waals surface area contributed by atoms with E-state index in [2.05, 4.69) is 10.3 Å². The number of phenolic OH excluding ortho intramolecular Hbond substituents is 1. The van der Waals surface area contributed by atoms with E-state index in [0.717, 1.165) is 0 Å². The van der Waals surface area contributed by atoms with Crippen molar-refractivity contribution in [3.8, 4) is 29.0 Å². The topological polar surface area (TPSA) is 163 Å². The Bertz CT molecular complexity index is 1140. The SMILES string of the molecule is N=C(N)Nc1cccc(Oc2nc(Oc3cc(C(=N)N)ccc3O)c(F)cc2F)c1. The summed E-state index contributed by atoms with van der Waals surface area (Å²) in [5.74, 6) is -4.56. The predicted octanol–water partition coefficient (Wildman–Crippen LogP) is 3.24. The van der Waals surface area contributed by atoms with Crippen LogP contribution in [0.15, 0.2) is 48.5 Å². The minimum atomic E-state index is -1.14. The van der Waals surface area contributed by atoms with Gasteiger partial charge in [0.15, 0.2) is 29.1 Å². The standard InChI is InChI=1S/C19H16F2N6O3/c20-12-8-13(21)18(30-15-6-9(16(22)23)4-5-14(15)28)27-17(12)29-11-3-1-2-10(7-11)26-19(24)25/h1-8,28H,(H3,22,23)(H4,24,25,26). The molecule has 0 spiro atoms. The molecule has 9 nitrogen and oxygen atoms in total. The second-order valence-electron chi connectivity index (χ2n) is 5.93. The van der Waals surface area contributed by atoms with E-state index in [0.29, 0.717) is 11.8 Å². The van der Waals surface area contributed by atoms with Gasteiger partial charge in [0.2, 0.25) is 0 Å². The van der Waals surface area contributed by atoms with Crippen molar-refractivity contribution in [3.05, 3.63) is 65.7 Å². The highest BCUT2D eigenvalue weighted by atomic mass is 19.1. The van der Waals surface area contributed by atoms with Crippen LogP contribution in [-0.4, -0.2) is 21.9 Å². The van der Waals surface area contributed by atoms with Gasteiger partial charge in [-0.2, -0.15) is 4.98 Å². The van der Waals surface area contributed by atoms with Crippen molar-refractivity contribution in [2.75, 3.05) is 5.32 Å². The molecule has 0 unspecified atom stereocenters. The molecule has 0 aliphatic heterocycles. The number of rotatable bonds is 6. The second-order valence-corrected chi connectivity index (χ2v) is 5.93. The highest BCUT2D eigenvalue weighted by Crippen LogP contribution is 2.34. The fourth-order valence-electron chi connectivity index (χ4n) is 2.35. The van der Waals surface area contributed by atoms with Crippen LogP contribution in [0.1, 0.15) is 5.56 Å². The fourth-order valence-corrected chi connectivity index (χ4v) is 2.35. The summed E-state index contributed by atoms with van der Waals surface area (Å²) < 4.78 is 38.9. The van der Waals surface area contributed by atoms with E-state index >= 15 is 0 Å². The number of amidine groups is 1. The maximum atomic E-state index is 14.2. The molecule has 154 valence electrons. The van der Waals surface area contributed by atoms with Crippen molar-refractivity contribution >= 4 is 17.5 Å². The summed E-state index contributed by atoms with van der Waals surface area (Å²) in [5.41, 5.74) is 11.3. The minimum absolute atomic E-state index is 0.131. The maximum absolute atomic E-state index is 14.2. The fraction of sp³-hybridized carbons (Fsp3) is 0. The molecule has 8 N–H and O–H groups in total. The van der Waals surface area contributed by atoms with Crippen molar-refractivity contribution < 1.29 is 23.4 Å². The second kappa shape index (κ2) is 8.31. The number of anilines is 1. The van der Waals surface area contributed by atoms with E-state index in [4.69, 9.17) is 31.8 Å². The lowest BCUT2D eigenvalue weighted by atomic mass is 10.2. The summed E-state index contributed by atoms with van der Waals surface area (Å²) in [4.78, 5) is 3.69. The number of hydrogen-bond donors (Lipinski definition) is 6. The summed E-state index contributed by atoms with van der Waals surface area (Å²) in [6.45, 7) is 0. The Morgan fingerprint density at radius 2 is 1.67 bits per heavy atom. The number of nitrogens with one attached hydrogen (secondary N) is 3. The van der Waals surface area contributed by atoms with Crippen LogP contribution < -0.4 is 26.3 Å². The molecule has 0 bridgehead atoms. The van der Waals surface area contributed by atoms with Crippen molar-refractivity contribution in [1.29, 1.82) is 10.8 Å².